The smallest absolute Gasteiger partial charge is 0.346 e. The lowest BCUT2D eigenvalue weighted by molar-refractivity contribution is -0.119. The highest BCUT2D eigenvalue weighted by atomic mass is 16.5. The highest BCUT2D eigenvalue weighted by Gasteiger charge is 2.20. The Kier molecular flexibility index (Phi) is 4.45. The lowest BCUT2D eigenvalue weighted by Crippen LogP contribution is -2.21. The Labute approximate surface area is 127 Å². The topological polar surface area (TPSA) is 107 Å². The van der Waals surface area contributed by atoms with Gasteiger partial charge in [-0.1, -0.05) is 11.2 Å². The van der Waals surface area contributed by atoms with Crippen LogP contribution < -0.4 is 11.1 Å². The summed E-state index contributed by atoms with van der Waals surface area (Å²) >= 11 is 0. The Morgan fingerprint density at radius 3 is 2.59 bits per heavy atom. The fourth-order valence-corrected chi connectivity index (χ4v) is 1.86. The molecule has 116 valence electrons. The van der Waals surface area contributed by atoms with Crippen LogP contribution in [-0.4, -0.2) is 23.6 Å². The Bertz CT molecular complexity index is 702. The first-order chi connectivity index (χ1) is 10.4. The third-order valence-electron chi connectivity index (χ3n) is 3.22. The molecule has 1 aromatic carbocycles. The Morgan fingerprint density at radius 1 is 1.27 bits per heavy atom. The largest absolute Gasteiger partial charge is 0.452 e. The van der Waals surface area contributed by atoms with E-state index in [9.17, 15) is 9.59 Å². The van der Waals surface area contributed by atoms with E-state index in [0.717, 1.165) is 11.1 Å². The summed E-state index contributed by atoms with van der Waals surface area (Å²) in [4.78, 5) is 23.6. The minimum absolute atomic E-state index is 0.0407. The number of benzene rings is 1. The van der Waals surface area contributed by atoms with Crippen molar-refractivity contribution >= 4 is 23.4 Å². The van der Waals surface area contributed by atoms with Crippen molar-refractivity contribution in [2.45, 2.75) is 20.8 Å². The number of nitrogens with two attached hydrogens (primary N) is 1. The van der Waals surface area contributed by atoms with Crippen molar-refractivity contribution in [1.82, 2.24) is 5.16 Å². The molecule has 0 aliphatic carbocycles. The second-order valence-corrected chi connectivity index (χ2v) is 4.93. The van der Waals surface area contributed by atoms with Gasteiger partial charge in [-0.25, -0.2) is 4.79 Å². The van der Waals surface area contributed by atoms with Crippen LogP contribution in [0.25, 0.3) is 0 Å². The van der Waals surface area contributed by atoms with Crippen LogP contribution in [0, 0.1) is 20.8 Å². The molecule has 22 heavy (non-hydrogen) atoms. The standard InChI is InChI=1S/C15H17N3O4/c1-8-4-5-11(6-9(8)2)17-12(19)7-21-15(20)13-10(3)18-22-14(13)16/h4-6H,7,16H2,1-3H3,(H,17,19). The number of nitrogens with zero attached hydrogens (tertiary/aromatic N) is 1. The Morgan fingerprint density at radius 2 is 2.00 bits per heavy atom. The second kappa shape index (κ2) is 6.30. The predicted octanol–water partition coefficient (Wildman–Crippen LogP) is 1.98. The average molecular weight is 303 g/mol. The van der Waals surface area contributed by atoms with Gasteiger partial charge in [-0.05, 0) is 44.0 Å². The van der Waals surface area contributed by atoms with Gasteiger partial charge in [0.2, 0.25) is 5.88 Å². The number of hydrogen-bond acceptors (Lipinski definition) is 6. The summed E-state index contributed by atoms with van der Waals surface area (Å²) in [7, 11) is 0. The molecule has 7 heteroatoms. The Hall–Kier alpha value is -2.83. The fraction of sp³-hybridized carbons (Fsp3) is 0.267. The number of nitrogens with one attached hydrogen (secondary N) is 1. The maximum atomic E-state index is 11.8. The van der Waals surface area contributed by atoms with Crippen LogP contribution >= 0.6 is 0 Å². The zero-order chi connectivity index (χ0) is 16.3. The third kappa shape index (κ3) is 3.43. The molecule has 0 spiro atoms. The minimum atomic E-state index is -0.744. The first-order valence-corrected chi connectivity index (χ1v) is 6.64. The van der Waals surface area contributed by atoms with E-state index in [0.29, 0.717) is 11.4 Å². The van der Waals surface area contributed by atoms with Crippen LogP contribution in [-0.2, 0) is 9.53 Å². The van der Waals surface area contributed by atoms with E-state index in [-0.39, 0.29) is 11.4 Å². The number of anilines is 2. The molecule has 3 N–H and O–H groups in total. The molecule has 0 radical (unpaired) electrons. The van der Waals surface area contributed by atoms with Gasteiger partial charge in [-0.2, -0.15) is 0 Å². The molecule has 1 heterocycles. The molecule has 2 rings (SSSR count). The third-order valence-corrected chi connectivity index (χ3v) is 3.22. The number of aryl methyl sites for hydroxylation is 3. The maximum Gasteiger partial charge on any atom is 0.346 e. The van der Waals surface area contributed by atoms with E-state index < -0.39 is 18.5 Å². The minimum Gasteiger partial charge on any atom is -0.452 e. The molecule has 1 amide bonds. The van der Waals surface area contributed by atoms with Crippen molar-refractivity contribution in [1.29, 1.82) is 0 Å². The molecule has 0 bridgehead atoms. The van der Waals surface area contributed by atoms with Crippen LogP contribution in [0.2, 0.25) is 0 Å². The molecule has 0 atom stereocenters. The number of carbonyl (C=O) groups is 2. The van der Waals surface area contributed by atoms with E-state index in [4.69, 9.17) is 10.5 Å². The van der Waals surface area contributed by atoms with Crippen molar-refractivity contribution in [3.63, 3.8) is 0 Å². The van der Waals surface area contributed by atoms with Gasteiger partial charge in [-0.15, -0.1) is 0 Å². The quantitative estimate of drug-likeness (QED) is 0.836. The lowest BCUT2D eigenvalue weighted by atomic mass is 10.1. The van der Waals surface area contributed by atoms with Crippen molar-refractivity contribution in [3.8, 4) is 0 Å². The van der Waals surface area contributed by atoms with Crippen LogP contribution in [0.4, 0.5) is 11.6 Å². The van der Waals surface area contributed by atoms with Crippen molar-refractivity contribution in [2.75, 3.05) is 17.7 Å². The number of carbonyl (C=O) groups excluding carboxylic acids is 2. The first-order valence-electron chi connectivity index (χ1n) is 6.64. The number of hydrogen-bond donors (Lipinski definition) is 2. The van der Waals surface area contributed by atoms with E-state index >= 15 is 0 Å². The zero-order valence-electron chi connectivity index (χ0n) is 12.6. The Balaban J connectivity index is 1.93. The summed E-state index contributed by atoms with van der Waals surface area (Å²) < 4.78 is 9.57. The van der Waals surface area contributed by atoms with E-state index in [1.54, 1.807) is 13.0 Å². The van der Waals surface area contributed by atoms with E-state index in [1.807, 2.05) is 26.0 Å². The summed E-state index contributed by atoms with van der Waals surface area (Å²) in [6.07, 6.45) is 0. The maximum absolute atomic E-state index is 11.8. The SMILES string of the molecule is Cc1ccc(NC(=O)COC(=O)c2c(C)noc2N)cc1C. The highest BCUT2D eigenvalue weighted by Crippen LogP contribution is 2.17. The summed E-state index contributed by atoms with van der Waals surface area (Å²) in [5.74, 6) is -1.31. The van der Waals surface area contributed by atoms with Gasteiger partial charge in [0, 0.05) is 5.69 Å². The number of nitrogen functional groups attached to an aromatic ring is 1. The predicted molar refractivity (Wildman–Crippen MR) is 80.5 cm³/mol. The van der Waals surface area contributed by atoms with E-state index in [2.05, 4.69) is 15.0 Å². The number of rotatable bonds is 4. The average Bonchev–Trinajstić information content (AvgIpc) is 2.80. The summed E-state index contributed by atoms with van der Waals surface area (Å²) in [5.41, 5.74) is 8.66. The highest BCUT2D eigenvalue weighted by molar-refractivity contribution is 5.98. The molecular formula is C15H17N3O4. The number of esters is 1. The van der Waals surface area contributed by atoms with Crippen molar-refractivity contribution < 1.29 is 18.8 Å². The first kappa shape index (κ1) is 15.6. The van der Waals surface area contributed by atoms with Crippen molar-refractivity contribution in [2.24, 2.45) is 0 Å². The van der Waals surface area contributed by atoms with Gasteiger partial charge >= 0.3 is 5.97 Å². The zero-order valence-corrected chi connectivity index (χ0v) is 12.6. The van der Waals surface area contributed by atoms with Crippen LogP contribution in [0.3, 0.4) is 0 Å². The van der Waals surface area contributed by atoms with Crippen LogP contribution in [0.1, 0.15) is 27.2 Å². The van der Waals surface area contributed by atoms with Crippen molar-refractivity contribution in [3.05, 3.63) is 40.6 Å². The van der Waals surface area contributed by atoms with Gasteiger partial charge in [0.05, 0.1) is 5.69 Å². The van der Waals surface area contributed by atoms with Gasteiger partial charge in [0.25, 0.3) is 5.91 Å². The molecule has 7 nitrogen and oxygen atoms in total. The molecule has 0 fully saturated rings. The van der Waals surface area contributed by atoms with Gasteiger partial charge in [-0.3, -0.25) is 4.79 Å². The van der Waals surface area contributed by atoms with Crippen LogP contribution in [0.15, 0.2) is 22.7 Å². The number of amides is 1. The molecule has 0 unspecified atom stereocenters. The normalized spacial score (nSPS) is 10.3. The molecule has 0 saturated carbocycles. The summed E-state index contributed by atoms with van der Waals surface area (Å²) in [6, 6.07) is 5.53. The molecule has 2 aromatic rings. The number of aromatic nitrogens is 1. The van der Waals surface area contributed by atoms with Crippen LogP contribution in [0.5, 0.6) is 0 Å². The fourth-order valence-electron chi connectivity index (χ4n) is 1.86. The molecular weight excluding hydrogens is 286 g/mol. The molecule has 0 saturated heterocycles. The van der Waals surface area contributed by atoms with Gasteiger partial charge in [0.15, 0.2) is 6.61 Å². The monoisotopic (exact) mass is 303 g/mol. The molecule has 1 aromatic heterocycles. The molecule has 0 aliphatic rings. The second-order valence-electron chi connectivity index (χ2n) is 4.93. The summed E-state index contributed by atoms with van der Waals surface area (Å²) in [5, 5.41) is 6.20. The molecule has 0 aliphatic heterocycles. The van der Waals surface area contributed by atoms with Gasteiger partial charge in [0.1, 0.15) is 5.56 Å². The summed E-state index contributed by atoms with van der Waals surface area (Å²) in [6.45, 7) is 5.07. The van der Waals surface area contributed by atoms with Gasteiger partial charge < -0.3 is 20.3 Å². The van der Waals surface area contributed by atoms with E-state index in [1.165, 1.54) is 0 Å². The number of ether oxygens (including phenoxy) is 1. The lowest BCUT2D eigenvalue weighted by Gasteiger charge is -2.08.